The zero-order valence-electron chi connectivity index (χ0n) is 9.02. The molecule has 0 spiro atoms. The van der Waals surface area contributed by atoms with E-state index in [2.05, 4.69) is 21.2 Å². The third kappa shape index (κ3) is 4.54. The van der Waals surface area contributed by atoms with Gasteiger partial charge in [-0.05, 0) is 11.6 Å². The molecule has 1 aromatic rings. The molecule has 1 rings (SSSR count). The average Bonchev–Trinajstić information content (AvgIpc) is 2.26. The summed E-state index contributed by atoms with van der Waals surface area (Å²) in [6.45, 7) is 0.313. The summed E-state index contributed by atoms with van der Waals surface area (Å²) in [5.74, 6) is -1.56. The van der Waals surface area contributed by atoms with Crippen molar-refractivity contribution in [2.75, 3.05) is 0 Å². The molecule has 0 fully saturated rings. The highest BCUT2D eigenvalue weighted by Gasteiger charge is 2.16. The van der Waals surface area contributed by atoms with Crippen molar-refractivity contribution in [1.29, 1.82) is 0 Å². The number of nitrogens with two attached hydrogens (primary N) is 1. The van der Waals surface area contributed by atoms with Gasteiger partial charge in [-0.15, -0.1) is 0 Å². The van der Waals surface area contributed by atoms with Crippen LogP contribution in [0.1, 0.15) is 12.0 Å². The first-order valence-corrected chi connectivity index (χ1v) is 5.78. The highest BCUT2D eigenvalue weighted by Crippen LogP contribution is 2.15. The molecule has 1 amide bonds. The number of benzene rings is 1. The molecule has 0 aliphatic rings. The van der Waals surface area contributed by atoms with Gasteiger partial charge in [0.25, 0.3) is 0 Å². The molecule has 0 heterocycles. The van der Waals surface area contributed by atoms with Crippen molar-refractivity contribution in [3.63, 3.8) is 0 Å². The molecule has 5 nitrogen and oxygen atoms in total. The Bertz CT molecular complexity index is 423. The van der Waals surface area contributed by atoms with Crippen LogP contribution >= 0.6 is 15.9 Å². The second-order valence-electron chi connectivity index (χ2n) is 3.51. The van der Waals surface area contributed by atoms with Crippen molar-refractivity contribution in [2.45, 2.75) is 19.0 Å². The van der Waals surface area contributed by atoms with E-state index in [0.717, 1.165) is 10.0 Å². The van der Waals surface area contributed by atoms with Gasteiger partial charge in [0.15, 0.2) is 0 Å². The highest BCUT2D eigenvalue weighted by molar-refractivity contribution is 9.10. The lowest BCUT2D eigenvalue weighted by atomic mass is 10.2. The number of rotatable bonds is 5. The van der Waals surface area contributed by atoms with Crippen LogP contribution in [0.4, 0.5) is 0 Å². The van der Waals surface area contributed by atoms with Crippen molar-refractivity contribution >= 4 is 27.8 Å². The fourth-order valence-corrected chi connectivity index (χ4v) is 1.66. The molecule has 1 unspecified atom stereocenters. The molecule has 0 saturated heterocycles. The van der Waals surface area contributed by atoms with Gasteiger partial charge in [0, 0.05) is 11.0 Å². The van der Waals surface area contributed by atoms with Crippen molar-refractivity contribution in [3.8, 4) is 0 Å². The highest BCUT2D eigenvalue weighted by atomic mass is 79.9. The van der Waals surface area contributed by atoms with E-state index in [-0.39, 0.29) is 6.42 Å². The molecular formula is C11H13BrN2O3. The molecule has 17 heavy (non-hydrogen) atoms. The predicted molar refractivity (Wildman–Crippen MR) is 66.2 cm³/mol. The van der Waals surface area contributed by atoms with Crippen LogP contribution in [0.25, 0.3) is 0 Å². The molecule has 0 aromatic heterocycles. The number of amides is 1. The van der Waals surface area contributed by atoms with Gasteiger partial charge in [-0.2, -0.15) is 0 Å². The Morgan fingerprint density at radius 2 is 2.06 bits per heavy atom. The van der Waals surface area contributed by atoms with Gasteiger partial charge in [0.1, 0.15) is 0 Å². The van der Waals surface area contributed by atoms with E-state index in [0.29, 0.717) is 6.54 Å². The summed E-state index contributed by atoms with van der Waals surface area (Å²) in [5.41, 5.74) is 6.32. The number of hydrogen-bond donors (Lipinski definition) is 3. The summed E-state index contributed by atoms with van der Waals surface area (Å²) < 4.78 is 0.882. The maximum Gasteiger partial charge on any atom is 0.305 e. The fourth-order valence-electron chi connectivity index (χ4n) is 1.24. The van der Waals surface area contributed by atoms with Crippen molar-refractivity contribution < 1.29 is 14.7 Å². The molecule has 0 saturated carbocycles. The van der Waals surface area contributed by atoms with Gasteiger partial charge in [0.05, 0.1) is 12.5 Å². The SMILES string of the molecule is NC(CC(=O)O)C(=O)NCc1ccccc1Br. The number of carbonyl (C=O) groups excluding carboxylic acids is 1. The van der Waals surface area contributed by atoms with E-state index in [1.807, 2.05) is 24.3 Å². The Balaban J connectivity index is 2.48. The monoisotopic (exact) mass is 300 g/mol. The van der Waals surface area contributed by atoms with Crippen LogP contribution in [0.3, 0.4) is 0 Å². The lowest BCUT2D eigenvalue weighted by Gasteiger charge is -2.10. The van der Waals surface area contributed by atoms with E-state index in [1.54, 1.807) is 0 Å². The van der Waals surface area contributed by atoms with E-state index in [4.69, 9.17) is 10.8 Å². The van der Waals surface area contributed by atoms with Crippen LogP contribution in [0.5, 0.6) is 0 Å². The topological polar surface area (TPSA) is 92.4 Å². The lowest BCUT2D eigenvalue weighted by molar-refractivity contribution is -0.139. The molecule has 0 radical (unpaired) electrons. The van der Waals surface area contributed by atoms with Gasteiger partial charge in [-0.25, -0.2) is 0 Å². The Labute approximate surface area is 107 Å². The fraction of sp³-hybridized carbons (Fsp3) is 0.273. The maximum absolute atomic E-state index is 11.4. The smallest absolute Gasteiger partial charge is 0.305 e. The van der Waals surface area contributed by atoms with Crippen LogP contribution < -0.4 is 11.1 Å². The quantitative estimate of drug-likeness (QED) is 0.752. The minimum Gasteiger partial charge on any atom is -0.481 e. The molecule has 0 aliphatic carbocycles. The molecule has 92 valence electrons. The first-order valence-electron chi connectivity index (χ1n) is 4.99. The summed E-state index contributed by atoms with van der Waals surface area (Å²) in [4.78, 5) is 21.8. The molecule has 1 aromatic carbocycles. The Kier molecular flexibility index (Phi) is 5.11. The zero-order chi connectivity index (χ0) is 12.8. The lowest BCUT2D eigenvalue weighted by Crippen LogP contribution is -2.41. The molecule has 6 heteroatoms. The van der Waals surface area contributed by atoms with Crippen LogP contribution in [-0.4, -0.2) is 23.0 Å². The molecule has 1 atom stereocenters. The van der Waals surface area contributed by atoms with Gasteiger partial charge >= 0.3 is 5.97 Å². The van der Waals surface area contributed by atoms with Crippen molar-refractivity contribution in [2.24, 2.45) is 5.73 Å². The summed E-state index contributed by atoms with van der Waals surface area (Å²) in [6, 6.07) is 6.41. The van der Waals surface area contributed by atoms with E-state index >= 15 is 0 Å². The number of carbonyl (C=O) groups is 2. The second kappa shape index (κ2) is 6.36. The average molecular weight is 301 g/mol. The van der Waals surface area contributed by atoms with Gasteiger partial charge in [-0.3, -0.25) is 9.59 Å². The van der Waals surface area contributed by atoms with Crippen LogP contribution in [-0.2, 0) is 16.1 Å². The molecule has 0 bridgehead atoms. The van der Waals surface area contributed by atoms with Crippen LogP contribution in [0.2, 0.25) is 0 Å². The number of aliphatic carboxylic acids is 1. The number of carboxylic acid groups (broad SMARTS) is 1. The second-order valence-corrected chi connectivity index (χ2v) is 4.37. The maximum atomic E-state index is 11.4. The summed E-state index contributed by atoms with van der Waals surface area (Å²) >= 11 is 3.35. The Morgan fingerprint density at radius 3 is 2.65 bits per heavy atom. The van der Waals surface area contributed by atoms with Gasteiger partial charge in [-0.1, -0.05) is 34.1 Å². The summed E-state index contributed by atoms with van der Waals surface area (Å²) in [5, 5.41) is 11.1. The minimum atomic E-state index is -1.09. The van der Waals surface area contributed by atoms with Crippen LogP contribution in [0.15, 0.2) is 28.7 Å². The molecule has 0 aliphatic heterocycles. The number of hydrogen-bond acceptors (Lipinski definition) is 3. The normalized spacial score (nSPS) is 11.9. The first-order chi connectivity index (χ1) is 8.00. The van der Waals surface area contributed by atoms with E-state index < -0.39 is 17.9 Å². The summed E-state index contributed by atoms with van der Waals surface area (Å²) in [7, 11) is 0. The number of halogens is 1. The van der Waals surface area contributed by atoms with Gasteiger partial charge in [0.2, 0.25) is 5.91 Å². The van der Waals surface area contributed by atoms with Crippen LogP contribution in [0, 0.1) is 0 Å². The van der Waals surface area contributed by atoms with Crippen molar-refractivity contribution in [3.05, 3.63) is 34.3 Å². The zero-order valence-corrected chi connectivity index (χ0v) is 10.6. The third-order valence-electron chi connectivity index (χ3n) is 2.14. The van der Waals surface area contributed by atoms with Gasteiger partial charge < -0.3 is 16.2 Å². The third-order valence-corrected chi connectivity index (χ3v) is 2.92. The summed E-state index contributed by atoms with van der Waals surface area (Å²) in [6.07, 6.45) is -0.373. The number of nitrogens with one attached hydrogen (secondary N) is 1. The predicted octanol–water partition coefficient (Wildman–Crippen LogP) is 0.867. The number of carboxylic acids is 1. The van der Waals surface area contributed by atoms with E-state index in [1.165, 1.54) is 0 Å². The Morgan fingerprint density at radius 1 is 1.41 bits per heavy atom. The minimum absolute atomic E-state index is 0.313. The molecule has 4 N–H and O–H groups in total. The van der Waals surface area contributed by atoms with Crippen molar-refractivity contribution in [1.82, 2.24) is 5.32 Å². The molecular weight excluding hydrogens is 288 g/mol. The first kappa shape index (κ1) is 13.7. The Hall–Kier alpha value is -1.40. The largest absolute Gasteiger partial charge is 0.481 e. The standard InChI is InChI=1S/C11H13BrN2O3/c12-8-4-2-1-3-7(8)6-14-11(17)9(13)5-10(15)16/h1-4,9H,5-6,13H2,(H,14,17)(H,15,16). The van der Waals surface area contributed by atoms with E-state index in [9.17, 15) is 9.59 Å².